The number of hydrogen-bond acceptors (Lipinski definition) is 0. The predicted molar refractivity (Wildman–Crippen MR) is 49.9 cm³/mol. The maximum absolute atomic E-state index is 6.02. The van der Waals surface area contributed by atoms with Gasteiger partial charge in [0, 0.05) is 0 Å². The predicted octanol–water partition coefficient (Wildman–Crippen LogP) is 3.68. The van der Waals surface area contributed by atoms with Gasteiger partial charge in [-0.15, -0.1) is 0 Å². The molecular formula is C9H7Cl2Zr. The SMILES string of the molecule is [Cl][Zr]([Cl])[CH]1C=Cc2ccccc21. The van der Waals surface area contributed by atoms with E-state index in [1.807, 2.05) is 12.1 Å². The molecule has 61 valence electrons. The quantitative estimate of drug-likeness (QED) is 0.734. The molecular weight excluding hydrogens is 270 g/mol. The first-order valence-electron chi connectivity index (χ1n) is 3.74. The number of fused-ring (bicyclic) bond motifs is 1. The number of allylic oxidation sites excluding steroid dienone is 1. The van der Waals surface area contributed by atoms with Crippen LogP contribution < -0.4 is 0 Å². The molecule has 0 fully saturated rings. The summed E-state index contributed by atoms with van der Waals surface area (Å²) in [5.74, 6) is 0. The Morgan fingerprint density at radius 1 is 1.17 bits per heavy atom. The topological polar surface area (TPSA) is 0 Å². The van der Waals surface area contributed by atoms with E-state index in [-0.39, 0.29) is 0 Å². The molecule has 0 radical (unpaired) electrons. The van der Waals surface area contributed by atoms with Crippen molar-refractivity contribution in [3.8, 4) is 0 Å². The Bertz CT molecular complexity index is 320. The fourth-order valence-corrected chi connectivity index (χ4v) is 5.51. The van der Waals surface area contributed by atoms with Gasteiger partial charge in [0.2, 0.25) is 0 Å². The third kappa shape index (κ3) is 1.55. The van der Waals surface area contributed by atoms with Crippen molar-refractivity contribution >= 4 is 23.1 Å². The molecule has 1 unspecified atom stereocenters. The number of halogens is 2. The van der Waals surface area contributed by atoms with Gasteiger partial charge in [0.15, 0.2) is 0 Å². The van der Waals surface area contributed by atoms with E-state index >= 15 is 0 Å². The van der Waals surface area contributed by atoms with E-state index in [9.17, 15) is 0 Å². The van der Waals surface area contributed by atoms with Crippen molar-refractivity contribution in [2.75, 3.05) is 0 Å². The summed E-state index contributed by atoms with van der Waals surface area (Å²) in [4.78, 5) is 0. The van der Waals surface area contributed by atoms with Crippen molar-refractivity contribution in [1.82, 2.24) is 0 Å². The summed E-state index contributed by atoms with van der Waals surface area (Å²) in [6.07, 6.45) is 4.25. The molecule has 1 aliphatic carbocycles. The summed E-state index contributed by atoms with van der Waals surface area (Å²) in [6.45, 7) is 0. The van der Waals surface area contributed by atoms with Crippen LogP contribution in [0.4, 0.5) is 0 Å². The second-order valence-corrected chi connectivity index (χ2v) is 11.7. The molecule has 1 aromatic carbocycles. The molecule has 0 aromatic heterocycles. The van der Waals surface area contributed by atoms with Crippen LogP contribution in [0.3, 0.4) is 0 Å². The fraction of sp³-hybridized carbons (Fsp3) is 0.111. The molecule has 0 nitrogen and oxygen atoms in total. The molecule has 0 amide bonds. The monoisotopic (exact) mass is 275 g/mol. The van der Waals surface area contributed by atoms with Gasteiger partial charge in [0.1, 0.15) is 0 Å². The van der Waals surface area contributed by atoms with Crippen LogP contribution in [0.5, 0.6) is 0 Å². The van der Waals surface area contributed by atoms with Gasteiger partial charge < -0.3 is 0 Å². The molecule has 0 spiro atoms. The standard InChI is InChI=1S/C9H7.2ClH.Zr/c1-2-5-9-7-3-6-8(9)4-1;;;/h1-7H;2*1H;/q;;;+2/p-2. The van der Waals surface area contributed by atoms with E-state index in [1.165, 1.54) is 11.1 Å². The first-order chi connectivity index (χ1) is 5.79. The summed E-state index contributed by atoms with van der Waals surface area (Å²) < 4.78 is 0.368. The normalized spacial score (nSPS) is 19.3. The summed E-state index contributed by atoms with van der Waals surface area (Å²) in [5.41, 5.74) is 2.60. The Labute approximate surface area is 87.0 Å². The van der Waals surface area contributed by atoms with Crippen LogP contribution in [0.2, 0.25) is 0 Å². The van der Waals surface area contributed by atoms with Crippen LogP contribution in [0.15, 0.2) is 30.3 Å². The van der Waals surface area contributed by atoms with Crippen molar-refractivity contribution < 1.29 is 19.4 Å². The van der Waals surface area contributed by atoms with Crippen LogP contribution >= 0.6 is 17.0 Å². The molecule has 0 N–H and O–H groups in total. The number of rotatable bonds is 1. The Balaban J connectivity index is 2.42. The molecule has 0 saturated heterocycles. The minimum absolute atomic E-state index is 0.368. The zero-order valence-electron chi connectivity index (χ0n) is 6.30. The first kappa shape index (κ1) is 9.00. The molecule has 0 heterocycles. The van der Waals surface area contributed by atoms with Crippen molar-refractivity contribution in [2.24, 2.45) is 0 Å². The van der Waals surface area contributed by atoms with E-state index < -0.39 is 19.4 Å². The van der Waals surface area contributed by atoms with Gasteiger partial charge in [-0.3, -0.25) is 0 Å². The van der Waals surface area contributed by atoms with E-state index in [4.69, 9.17) is 17.0 Å². The van der Waals surface area contributed by atoms with E-state index in [1.54, 1.807) is 0 Å². The van der Waals surface area contributed by atoms with Gasteiger partial charge >= 0.3 is 87.6 Å². The molecule has 12 heavy (non-hydrogen) atoms. The second kappa shape index (κ2) is 3.66. The molecule has 0 aliphatic heterocycles. The number of hydrogen-bond donors (Lipinski definition) is 0. The van der Waals surface area contributed by atoms with E-state index in [0.29, 0.717) is 3.63 Å². The average Bonchev–Trinajstić information content (AvgIpc) is 2.47. The van der Waals surface area contributed by atoms with Crippen LogP contribution in [-0.4, -0.2) is 0 Å². The second-order valence-electron chi connectivity index (χ2n) is 2.76. The first-order valence-corrected chi connectivity index (χ1v) is 11.5. The van der Waals surface area contributed by atoms with Gasteiger partial charge in [-0.2, -0.15) is 0 Å². The minimum atomic E-state index is -2.13. The van der Waals surface area contributed by atoms with Gasteiger partial charge in [-0.05, 0) is 0 Å². The Kier molecular flexibility index (Phi) is 2.74. The van der Waals surface area contributed by atoms with Crippen LogP contribution in [0, 0.1) is 0 Å². The van der Waals surface area contributed by atoms with Crippen molar-refractivity contribution in [3.05, 3.63) is 41.5 Å². The van der Waals surface area contributed by atoms with Crippen molar-refractivity contribution in [2.45, 2.75) is 3.63 Å². The Morgan fingerprint density at radius 2 is 1.92 bits per heavy atom. The Morgan fingerprint density at radius 3 is 2.67 bits per heavy atom. The molecule has 1 atom stereocenters. The van der Waals surface area contributed by atoms with Gasteiger partial charge in [0.05, 0.1) is 0 Å². The number of benzene rings is 1. The van der Waals surface area contributed by atoms with Gasteiger partial charge in [0.25, 0.3) is 0 Å². The van der Waals surface area contributed by atoms with E-state index in [2.05, 4.69) is 24.3 Å². The molecule has 1 aliphatic rings. The summed E-state index contributed by atoms with van der Waals surface area (Å²) >= 11 is -2.13. The molecule has 3 heteroatoms. The summed E-state index contributed by atoms with van der Waals surface area (Å²) in [5, 5.41) is 0. The molecule has 0 bridgehead atoms. The van der Waals surface area contributed by atoms with Crippen LogP contribution in [-0.2, 0) is 19.4 Å². The summed E-state index contributed by atoms with van der Waals surface area (Å²) in [6, 6.07) is 8.30. The Hall–Kier alpha value is 0.423. The van der Waals surface area contributed by atoms with Crippen LogP contribution in [0.25, 0.3) is 6.08 Å². The molecule has 2 rings (SSSR count). The average molecular weight is 277 g/mol. The zero-order chi connectivity index (χ0) is 8.55. The van der Waals surface area contributed by atoms with Crippen molar-refractivity contribution in [3.63, 3.8) is 0 Å². The zero-order valence-corrected chi connectivity index (χ0v) is 10.3. The maximum atomic E-state index is 6.02. The fourth-order valence-electron chi connectivity index (χ4n) is 1.44. The third-order valence-electron chi connectivity index (χ3n) is 2.03. The van der Waals surface area contributed by atoms with E-state index in [0.717, 1.165) is 0 Å². The third-order valence-corrected chi connectivity index (χ3v) is 7.21. The van der Waals surface area contributed by atoms with Gasteiger partial charge in [-0.25, -0.2) is 0 Å². The van der Waals surface area contributed by atoms with Crippen LogP contribution in [0.1, 0.15) is 14.8 Å². The molecule has 1 aromatic rings. The summed E-state index contributed by atoms with van der Waals surface area (Å²) in [7, 11) is 12.0. The van der Waals surface area contributed by atoms with Gasteiger partial charge in [-0.1, -0.05) is 0 Å². The van der Waals surface area contributed by atoms with Crippen molar-refractivity contribution in [1.29, 1.82) is 0 Å². The molecule has 0 saturated carbocycles.